The molecule has 2 rings (SSSR count). The summed E-state index contributed by atoms with van der Waals surface area (Å²) in [7, 11) is 0. The molecule has 0 bridgehead atoms. The molecule has 0 aliphatic heterocycles. The molecule has 0 heterocycles. The molecule has 0 aromatic heterocycles. The molecule has 0 spiro atoms. The molecule has 0 aromatic rings. The minimum atomic E-state index is -0.00667. The van der Waals surface area contributed by atoms with Crippen molar-refractivity contribution < 1.29 is 5.11 Å². The number of rotatable bonds is 4. The predicted octanol–water partition coefficient (Wildman–Crippen LogP) is 1.63. The molecule has 2 saturated carbocycles. The Bertz CT molecular complexity index is 167. The third kappa shape index (κ3) is 2.23. The van der Waals surface area contributed by atoms with Gasteiger partial charge in [-0.1, -0.05) is 13.3 Å². The van der Waals surface area contributed by atoms with Crippen molar-refractivity contribution in [3.63, 3.8) is 0 Å². The maximum atomic E-state index is 9.71. The fraction of sp³-hybridized carbons (Fsp3) is 1.00. The van der Waals surface area contributed by atoms with E-state index in [0.29, 0.717) is 5.92 Å². The molecule has 2 fully saturated rings. The van der Waals surface area contributed by atoms with Gasteiger partial charge in [-0.15, -0.1) is 0 Å². The smallest absolute Gasteiger partial charge is 0.0580 e. The van der Waals surface area contributed by atoms with E-state index in [1.54, 1.807) is 0 Å². The van der Waals surface area contributed by atoms with Gasteiger partial charge in [-0.3, -0.25) is 0 Å². The molecule has 0 amide bonds. The molecular weight excluding hydrogens is 162 g/mol. The average molecular weight is 183 g/mol. The molecule has 76 valence electrons. The first-order chi connectivity index (χ1) is 6.31. The van der Waals surface area contributed by atoms with Gasteiger partial charge < -0.3 is 10.0 Å². The van der Waals surface area contributed by atoms with E-state index in [9.17, 15) is 5.11 Å². The monoisotopic (exact) mass is 183 g/mol. The van der Waals surface area contributed by atoms with Crippen molar-refractivity contribution >= 4 is 0 Å². The Kier molecular flexibility index (Phi) is 2.89. The van der Waals surface area contributed by atoms with E-state index in [2.05, 4.69) is 11.8 Å². The van der Waals surface area contributed by atoms with Crippen molar-refractivity contribution in [3.8, 4) is 0 Å². The van der Waals surface area contributed by atoms with Gasteiger partial charge in [0, 0.05) is 12.6 Å². The van der Waals surface area contributed by atoms with Crippen molar-refractivity contribution in [3.05, 3.63) is 0 Å². The van der Waals surface area contributed by atoms with Crippen LogP contribution in [0.3, 0.4) is 0 Å². The molecule has 2 heteroatoms. The van der Waals surface area contributed by atoms with Crippen LogP contribution in [0.25, 0.3) is 0 Å². The Morgan fingerprint density at radius 2 is 2.00 bits per heavy atom. The van der Waals surface area contributed by atoms with E-state index in [-0.39, 0.29) is 6.10 Å². The second-order valence-corrected chi connectivity index (χ2v) is 4.58. The molecule has 0 radical (unpaired) electrons. The lowest BCUT2D eigenvalue weighted by molar-refractivity contribution is 0.101. The van der Waals surface area contributed by atoms with Gasteiger partial charge in [-0.25, -0.2) is 0 Å². The molecule has 0 aromatic carbocycles. The topological polar surface area (TPSA) is 23.5 Å². The summed E-state index contributed by atoms with van der Waals surface area (Å²) < 4.78 is 0. The average Bonchev–Trinajstić information content (AvgIpc) is 2.88. The minimum absolute atomic E-state index is 0.00667. The highest BCUT2D eigenvalue weighted by atomic mass is 16.3. The third-order valence-corrected chi connectivity index (χ3v) is 3.56. The number of hydrogen-bond acceptors (Lipinski definition) is 2. The lowest BCUT2D eigenvalue weighted by Gasteiger charge is -2.25. The quantitative estimate of drug-likeness (QED) is 0.716. The Morgan fingerprint density at radius 1 is 1.23 bits per heavy atom. The van der Waals surface area contributed by atoms with E-state index in [1.807, 2.05) is 0 Å². The molecular formula is C11H21NO. The molecule has 0 saturated heterocycles. The fourth-order valence-corrected chi connectivity index (χ4v) is 2.51. The van der Waals surface area contributed by atoms with Gasteiger partial charge in [0.2, 0.25) is 0 Å². The molecule has 1 N–H and O–H groups in total. The molecule has 2 aliphatic rings. The summed E-state index contributed by atoms with van der Waals surface area (Å²) in [5.41, 5.74) is 0. The van der Waals surface area contributed by atoms with E-state index >= 15 is 0 Å². The van der Waals surface area contributed by atoms with Gasteiger partial charge in [0.05, 0.1) is 6.10 Å². The first-order valence-corrected chi connectivity index (χ1v) is 5.73. The summed E-state index contributed by atoms with van der Waals surface area (Å²) in [6.07, 6.45) is 6.27. The van der Waals surface area contributed by atoms with Crippen LogP contribution in [0, 0.1) is 5.92 Å². The number of hydrogen-bond donors (Lipinski definition) is 1. The van der Waals surface area contributed by atoms with Crippen molar-refractivity contribution in [2.75, 3.05) is 13.1 Å². The minimum Gasteiger partial charge on any atom is -0.393 e. The van der Waals surface area contributed by atoms with Gasteiger partial charge in [-0.05, 0) is 38.1 Å². The summed E-state index contributed by atoms with van der Waals surface area (Å²) in [5.74, 6) is 0.570. The van der Waals surface area contributed by atoms with Crippen LogP contribution in [-0.4, -0.2) is 35.2 Å². The van der Waals surface area contributed by atoms with Gasteiger partial charge in [0.15, 0.2) is 0 Å². The standard InChI is InChI=1S/C11H21NO/c1-2-12(10-6-7-10)8-9-4-3-5-11(9)13/h9-11,13H,2-8H2,1H3. The van der Waals surface area contributed by atoms with E-state index < -0.39 is 0 Å². The van der Waals surface area contributed by atoms with Crippen LogP contribution in [0.5, 0.6) is 0 Å². The van der Waals surface area contributed by atoms with Crippen molar-refractivity contribution in [1.29, 1.82) is 0 Å². The number of nitrogens with zero attached hydrogens (tertiary/aromatic N) is 1. The van der Waals surface area contributed by atoms with Crippen LogP contribution in [0.4, 0.5) is 0 Å². The highest BCUT2D eigenvalue weighted by Gasteiger charge is 2.32. The van der Waals surface area contributed by atoms with Crippen LogP contribution < -0.4 is 0 Å². The third-order valence-electron chi connectivity index (χ3n) is 3.56. The van der Waals surface area contributed by atoms with Crippen LogP contribution in [0.2, 0.25) is 0 Å². The first kappa shape index (κ1) is 9.47. The summed E-state index contributed by atoms with van der Waals surface area (Å²) in [6, 6.07) is 0.859. The number of aliphatic hydroxyl groups is 1. The molecule has 2 unspecified atom stereocenters. The Morgan fingerprint density at radius 3 is 2.46 bits per heavy atom. The van der Waals surface area contributed by atoms with E-state index in [1.165, 1.54) is 25.7 Å². The van der Waals surface area contributed by atoms with Crippen LogP contribution in [-0.2, 0) is 0 Å². The summed E-state index contributed by atoms with van der Waals surface area (Å²) >= 11 is 0. The molecule has 13 heavy (non-hydrogen) atoms. The van der Waals surface area contributed by atoms with Gasteiger partial charge in [0.25, 0.3) is 0 Å². The van der Waals surface area contributed by atoms with Crippen LogP contribution in [0.15, 0.2) is 0 Å². The van der Waals surface area contributed by atoms with Gasteiger partial charge in [-0.2, -0.15) is 0 Å². The zero-order valence-corrected chi connectivity index (χ0v) is 8.58. The Labute approximate surface area is 80.9 Å². The summed E-state index contributed by atoms with van der Waals surface area (Å²) in [6.45, 7) is 4.54. The molecule has 2 atom stereocenters. The maximum absolute atomic E-state index is 9.71. The largest absolute Gasteiger partial charge is 0.393 e. The Hall–Kier alpha value is -0.0800. The number of aliphatic hydroxyl groups excluding tert-OH is 1. The van der Waals surface area contributed by atoms with Gasteiger partial charge in [0.1, 0.15) is 0 Å². The van der Waals surface area contributed by atoms with Crippen molar-refractivity contribution in [2.45, 2.75) is 51.2 Å². The zero-order chi connectivity index (χ0) is 9.26. The zero-order valence-electron chi connectivity index (χ0n) is 8.58. The maximum Gasteiger partial charge on any atom is 0.0580 e. The summed E-state index contributed by atoms with van der Waals surface area (Å²) in [5, 5.41) is 9.71. The first-order valence-electron chi connectivity index (χ1n) is 5.73. The molecule has 2 aliphatic carbocycles. The normalized spacial score (nSPS) is 34.4. The van der Waals surface area contributed by atoms with Crippen LogP contribution >= 0.6 is 0 Å². The van der Waals surface area contributed by atoms with Crippen LogP contribution in [0.1, 0.15) is 39.0 Å². The second kappa shape index (κ2) is 3.97. The lowest BCUT2D eigenvalue weighted by Crippen LogP contribution is -2.34. The van der Waals surface area contributed by atoms with E-state index in [0.717, 1.165) is 25.6 Å². The Balaban J connectivity index is 1.80. The second-order valence-electron chi connectivity index (χ2n) is 4.58. The lowest BCUT2D eigenvalue weighted by atomic mass is 10.1. The predicted molar refractivity (Wildman–Crippen MR) is 53.6 cm³/mol. The van der Waals surface area contributed by atoms with Gasteiger partial charge >= 0.3 is 0 Å². The fourth-order valence-electron chi connectivity index (χ4n) is 2.51. The van der Waals surface area contributed by atoms with E-state index in [4.69, 9.17) is 0 Å². The molecule has 2 nitrogen and oxygen atoms in total. The highest BCUT2D eigenvalue weighted by molar-refractivity contribution is 4.87. The SMILES string of the molecule is CCN(CC1CCCC1O)C1CC1. The highest BCUT2D eigenvalue weighted by Crippen LogP contribution is 2.31. The summed E-state index contributed by atoms with van der Waals surface area (Å²) in [4.78, 5) is 2.55. The van der Waals surface area contributed by atoms with Crippen molar-refractivity contribution in [1.82, 2.24) is 4.90 Å². The van der Waals surface area contributed by atoms with Crippen molar-refractivity contribution in [2.24, 2.45) is 5.92 Å².